The Morgan fingerprint density at radius 2 is 1.70 bits per heavy atom. The maximum absolute atomic E-state index is 10.9. The summed E-state index contributed by atoms with van der Waals surface area (Å²) in [5.41, 5.74) is 0. The lowest BCUT2D eigenvalue weighted by Gasteiger charge is -2.11. The predicted octanol–water partition coefficient (Wildman–Crippen LogP) is 0.198. The molecule has 0 aromatic rings. The smallest absolute Gasteiger partial charge is 0.289 e. The fourth-order valence-electron chi connectivity index (χ4n) is 1.14. The fraction of sp³-hybridized carbons (Fsp3) is 0.714. The van der Waals surface area contributed by atoms with E-state index in [0.29, 0.717) is 0 Å². The lowest BCUT2D eigenvalue weighted by Crippen LogP contribution is -2.32. The van der Waals surface area contributed by atoms with Gasteiger partial charge in [-0.2, -0.15) is 0 Å². The van der Waals surface area contributed by atoms with E-state index >= 15 is 0 Å². The van der Waals surface area contributed by atoms with E-state index < -0.39 is 0 Å². The minimum absolute atomic E-state index is 0.322. The lowest BCUT2D eigenvalue weighted by molar-refractivity contribution is -0.142. The summed E-state index contributed by atoms with van der Waals surface area (Å²) in [6, 6.07) is 0. The van der Waals surface area contributed by atoms with Crippen LogP contribution < -0.4 is 0 Å². The van der Waals surface area contributed by atoms with Crippen LogP contribution in [0.15, 0.2) is 0 Å². The highest BCUT2D eigenvalue weighted by Crippen LogP contribution is 2.07. The summed E-state index contributed by atoms with van der Waals surface area (Å²) in [7, 11) is 0. The summed E-state index contributed by atoms with van der Waals surface area (Å²) in [5, 5.41) is 0. The molecule has 0 unspecified atom stereocenters. The average Bonchev–Trinajstić information content (AvgIpc) is 2.36. The van der Waals surface area contributed by atoms with Gasteiger partial charge in [0.25, 0.3) is 5.91 Å². The van der Waals surface area contributed by atoms with E-state index in [2.05, 4.69) is 0 Å². The molecule has 0 saturated carbocycles. The number of hydrogen-bond acceptors (Lipinski definition) is 2. The average molecular weight is 141 g/mol. The predicted molar refractivity (Wildman–Crippen MR) is 36.5 cm³/mol. The van der Waals surface area contributed by atoms with Gasteiger partial charge in [-0.25, -0.2) is 0 Å². The van der Waals surface area contributed by atoms with Crippen molar-refractivity contribution in [3.05, 3.63) is 0 Å². The van der Waals surface area contributed by atoms with Gasteiger partial charge in [0.15, 0.2) is 0 Å². The minimum atomic E-state index is -0.345. The first-order valence-electron chi connectivity index (χ1n) is 3.51. The van der Waals surface area contributed by atoms with E-state index in [4.69, 9.17) is 0 Å². The maximum atomic E-state index is 10.9. The fourth-order valence-corrected chi connectivity index (χ4v) is 1.14. The molecule has 1 heterocycles. The Kier molecular flexibility index (Phi) is 2.04. The highest BCUT2D eigenvalue weighted by atomic mass is 16.2. The third-order valence-corrected chi connectivity index (χ3v) is 1.69. The number of carbonyl (C=O) groups is 2. The third-order valence-electron chi connectivity index (χ3n) is 1.69. The normalized spacial score (nSPS) is 17.5. The van der Waals surface area contributed by atoms with Crippen LogP contribution in [-0.2, 0) is 9.59 Å². The molecular formula is C7H11NO2. The van der Waals surface area contributed by atoms with Gasteiger partial charge in [-0.05, 0) is 12.8 Å². The van der Waals surface area contributed by atoms with Crippen LogP contribution in [0.3, 0.4) is 0 Å². The molecule has 1 aliphatic rings. The number of nitrogens with zero attached hydrogens (tertiary/aromatic N) is 1. The first kappa shape index (κ1) is 7.25. The summed E-state index contributed by atoms with van der Waals surface area (Å²) < 4.78 is 0. The summed E-state index contributed by atoms with van der Waals surface area (Å²) in [6.45, 7) is 2.84. The largest absolute Gasteiger partial charge is 0.336 e. The molecule has 1 saturated heterocycles. The van der Waals surface area contributed by atoms with E-state index in [0.717, 1.165) is 25.9 Å². The summed E-state index contributed by atoms with van der Waals surface area (Å²) in [5.74, 6) is -0.667. The van der Waals surface area contributed by atoms with Crippen molar-refractivity contribution in [1.82, 2.24) is 4.90 Å². The Morgan fingerprint density at radius 3 is 2.10 bits per heavy atom. The van der Waals surface area contributed by atoms with E-state index in [9.17, 15) is 9.59 Å². The minimum Gasteiger partial charge on any atom is -0.336 e. The van der Waals surface area contributed by atoms with Gasteiger partial charge < -0.3 is 4.90 Å². The van der Waals surface area contributed by atoms with Crippen molar-refractivity contribution in [2.24, 2.45) is 0 Å². The van der Waals surface area contributed by atoms with Crippen molar-refractivity contribution in [3.8, 4) is 0 Å². The van der Waals surface area contributed by atoms with Crippen LogP contribution in [0.5, 0.6) is 0 Å². The molecule has 56 valence electrons. The molecule has 0 radical (unpaired) electrons. The van der Waals surface area contributed by atoms with Crippen LogP contribution in [0.25, 0.3) is 0 Å². The second-order valence-electron chi connectivity index (χ2n) is 2.56. The highest BCUT2D eigenvalue weighted by Gasteiger charge is 2.20. The molecule has 0 spiro atoms. The van der Waals surface area contributed by atoms with Gasteiger partial charge in [0.05, 0.1) is 0 Å². The molecule has 0 bridgehead atoms. The van der Waals surface area contributed by atoms with Gasteiger partial charge in [0, 0.05) is 20.0 Å². The number of amides is 1. The molecule has 3 nitrogen and oxygen atoms in total. The number of likely N-dealkylation sites (tertiary alicyclic amines) is 1. The molecule has 1 aliphatic heterocycles. The van der Waals surface area contributed by atoms with Gasteiger partial charge in [-0.3, -0.25) is 9.59 Å². The van der Waals surface area contributed by atoms with Crippen LogP contribution >= 0.6 is 0 Å². The lowest BCUT2D eigenvalue weighted by atomic mass is 10.4. The molecule has 1 amide bonds. The van der Waals surface area contributed by atoms with Crippen LogP contribution in [0, 0.1) is 0 Å². The number of ketones is 1. The first-order valence-corrected chi connectivity index (χ1v) is 3.51. The van der Waals surface area contributed by atoms with Crippen LogP contribution in [0.2, 0.25) is 0 Å². The Hall–Kier alpha value is -0.860. The van der Waals surface area contributed by atoms with Gasteiger partial charge in [0.1, 0.15) is 0 Å². The van der Waals surface area contributed by atoms with E-state index in [-0.39, 0.29) is 11.7 Å². The molecule has 0 N–H and O–H groups in total. The zero-order valence-corrected chi connectivity index (χ0v) is 6.09. The van der Waals surface area contributed by atoms with Gasteiger partial charge in [-0.15, -0.1) is 0 Å². The number of Topliss-reactive ketones (excluding diaryl/α,β-unsaturated/α-hetero) is 1. The summed E-state index contributed by atoms with van der Waals surface area (Å²) >= 11 is 0. The molecule has 3 heteroatoms. The van der Waals surface area contributed by atoms with Gasteiger partial charge in [0.2, 0.25) is 5.78 Å². The summed E-state index contributed by atoms with van der Waals surface area (Å²) in [4.78, 5) is 23.1. The van der Waals surface area contributed by atoms with Crippen LogP contribution in [-0.4, -0.2) is 29.7 Å². The molecule has 0 aliphatic carbocycles. The van der Waals surface area contributed by atoms with Crippen molar-refractivity contribution >= 4 is 11.7 Å². The van der Waals surface area contributed by atoms with Crippen molar-refractivity contribution < 1.29 is 9.59 Å². The maximum Gasteiger partial charge on any atom is 0.289 e. The van der Waals surface area contributed by atoms with Crippen LogP contribution in [0.1, 0.15) is 19.8 Å². The van der Waals surface area contributed by atoms with Crippen LogP contribution in [0.4, 0.5) is 0 Å². The second-order valence-corrected chi connectivity index (χ2v) is 2.56. The molecular weight excluding hydrogens is 130 g/mol. The number of hydrogen-bond donors (Lipinski definition) is 0. The van der Waals surface area contributed by atoms with Crippen molar-refractivity contribution in [2.75, 3.05) is 13.1 Å². The van der Waals surface area contributed by atoms with Gasteiger partial charge in [-0.1, -0.05) is 0 Å². The molecule has 0 aromatic heterocycles. The zero-order chi connectivity index (χ0) is 7.56. The zero-order valence-electron chi connectivity index (χ0n) is 6.09. The van der Waals surface area contributed by atoms with Crippen molar-refractivity contribution in [1.29, 1.82) is 0 Å². The SMILES string of the molecule is CC(=O)C(=O)N1CCCC1. The molecule has 1 fully saturated rings. The standard InChI is InChI=1S/C7H11NO2/c1-6(9)7(10)8-4-2-3-5-8/h2-5H2,1H3. The first-order chi connectivity index (χ1) is 4.72. The summed E-state index contributed by atoms with van der Waals surface area (Å²) in [6.07, 6.45) is 2.08. The van der Waals surface area contributed by atoms with E-state index in [1.165, 1.54) is 6.92 Å². The quantitative estimate of drug-likeness (QED) is 0.489. The van der Waals surface area contributed by atoms with Gasteiger partial charge >= 0.3 is 0 Å². The van der Waals surface area contributed by atoms with Crippen molar-refractivity contribution in [2.45, 2.75) is 19.8 Å². The molecule has 0 aromatic carbocycles. The number of rotatable bonds is 1. The Labute approximate surface area is 60.0 Å². The second kappa shape index (κ2) is 2.82. The molecule has 1 rings (SSSR count). The third kappa shape index (κ3) is 1.35. The topological polar surface area (TPSA) is 37.4 Å². The van der Waals surface area contributed by atoms with Crippen molar-refractivity contribution in [3.63, 3.8) is 0 Å². The van der Waals surface area contributed by atoms with E-state index in [1.807, 2.05) is 0 Å². The molecule has 0 atom stereocenters. The Morgan fingerprint density at radius 1 is 1.20 bits per heavy atom. The molecule has 10 heavy (non-hydrogen) atoms. The Balaban J connectivity index is 2.48. The van der Waals surface area contributed by atoms with E-state index in [1.54, 1.807) is 4.90 Å². The highest BCUT2D eigenvalue weighted by molar-refractivity contribution is 6.35. The monoisotopic (exact) mass is 141 g/mol. The number of carbonyl (C=O) groups excluding carboxylic acids is 2. The Bertz CT molecular complexity index is 159.